The largest absolute Gasteiger partial charge is 0.502 e. The number of amides is 1. The normalized spacial score (nSPS) is 9.60. The number of nitrogens with one attached hydrogen (secondary N) is 1. The zero-order chi connectivity index (χ0) is 11.1. The molecule has 0 unspecified atom stereocenters. The Kier molecular flexibility index (Phi) is 4.62. The van der Waals surface area contributed by atoms with Crippen LogP contribution in [0.5, 0.6) is 0 Å². The average Bonchev–Trinajstić information content (AvgIpc) is 2.64. The topological polar surface area (TPSA) is 77.2 Å². The van der Waals surface area contributed by atoms with Gasteiger partial charge in [-0.3, -0.25) is 4.79 Å². The van der Waals surface area contributed by atoms with Crippen molar-refractivity contribution in [3.63, 3.8) is 0 Å². The lowest BCUT2D eigenvalue weighted by molar-refractivity contribution is 0.0946. The lowest BCUT2D eigenvalue weighted by Gasteiger charge is -2.02. The molecule has 0 saturated carbocycles. The number of hydrogen-bond acceptors (Lipinski definition) is 5. The number of carbonyl (C=O) groups is 1. The highest BCUT2D eigenvalue weighted by atomic mass is 32.1. The van der Waals surface area contributed by atoms with Gasteiger partial charge in [-0.15, -0.1) is 11.3 Å². The molecule has 0 aliphatic carbocycles. The lowest BCUT2D eigenvalue weighted by atomic mass is 10.4. The van der Waals surface area contributed by atoms with Crippen molar-refractivity contribution in [1.82, 2.24) is 10.3 Å². The van der Waals surface area contributed by atoms with Gasteiger partial charge in [0.25, 0.3) is 5.91 Å². The van der Waals surface area contributed by atoms with Gasteiger partial charge < -0.3 is 15.8 Å². The molecule has 0 bridgehead atoms. The minimum Gasteiger partial charge on any atom is -0.502 e. The summed E-state index contributed by atoms with van der Waals surface area (Å²) in [4.78, 5) is 15.3. The summed E-state index contributed by atoms with van der Waals surface area (Å²) in [6, 6.07) is 0. The standard InChI is InChI=1S/C9H13N3O2S/c1-2-14-5-3-4-11-8(13)7-6-15-9(10)12-7/h2,6H,1,3-5H2,(H2,10,12)(H,11,13). The molecule has 1 amide bonds. The van der Waals surface area contributed by atoms with E-state index in [2.05, 4.69) is 16.9 Å². The molecule has 0 fully saturated rings. The maximum absolute atomic E-state index is 11.4. The van der Waals surface area contributed by atoms with Crippen molar-refractivity contribution in [2.45, 2.75) is 6.42 Å². The van der Waals surface area contributed by atoms with Crippen molar-refractivity contribution in [1.29, 1.82) is 0 Å². The molecule has 6 heteroatoms. The first-order chi connectivity index (χ1) is 7.24. The van der Waals surface area contributed by atoms with E-state index in [1.54, 1.807) is 5.38 Å². The average molecular weight is 227 g/mol. The highest BCUT2D eigenvalue weighted by Crippen LogP contribution is 2.10. The quantitative estimate of drug-likeness (QED) is 0.561. The summed E-state index contributed by atoms with van der Waals surface area (Å²) < 4.78 is 4.90. The fourth-order valence-corrected chi connectivity index (χ4v) is 1.47. The number of ether oxygens (including phenoxy) is 1. The van der Waals surface area contributed by atoms with Crippen LogP contribution in [0.4, 0.5) is 5.13 Å². The van der Waals surface area contributed by atoms with E-state index in [0.29, 0.717) is 24.0 Å². The first-order valence-electron chi connectivity index (χ1n) is 4.45. The molecule has 0 radical (unpaired) electrons. The van der Waals surface area contributed by atoms with E-state index in [1.807, 2.05) is 0 Å². The Morgan fingerprint density at radius 3 is 3.20 bits per heavy atom. The third-order valence-corrected chi connectivity index (χ3v) is 2.27. The second-order valence-electron chi connectivity index (χ2n) is 2.72. The molecule has 0 spiro atoms. The van der Waals surface area contributed by atoms with Gasteiger partial charge in [0.1, 0.15) is 5.69 Å². The fourth-order valence-electron chi connectivity index (χ4n) is 0.923. The zero-order valence-electron chi connectivity index (χ0n) is 8.23. The molecule has 1 heterocycles. The Labute approximate surface area is 92.0 Å². The van der Waals surface area contributed by atoms with Crippen LogP contribution in [0, 0.1) is 0 Å². The molecule has 0 aliphatic rings. The summed E-state index contributed by atoms with van der Waals surface area (Å²) in [7, 11) is 0. The van der Waals surface area contributed by atoms with Gasteiger partial charge in [0.15, 0.2) is 5.13 Å². The van der Waals surface area contributed by atoms with Crippen LogP contribution in [0.2, 0.25) is 0 Å². The van der Waals surface area contributed by atoms with E-state index in [4.69, 9.17) is 10.5 Å². The highest BCUT2D eigenvalue weighted by molar-refractivity contribution is 7.13. The van der Waals surface area contributed by atoms with E-state index in [1.165, 1.54) is 17.6 Å². The van der Waals surface area contributed by atoms with E-state index in [9.17, 15) is 4.79 Å². The summed E-state index contributed by atoms with van der Waals surface area (Å²) in [5.41, 5.74) is 5.77. The predicted molar refractivity (Wildman–Crippen MR) is 59.6 cm³/mol. The number of nitrogens with two attached hydrogens (primary N) is 1. The van der Waals surface area contributed by atoms with E-state index < -0.39 is 0 Å². The Morgan fingerprint density at radius 1 is 1.80 bits per heavy atom. The fraction of sp³-hybridized carbons (Fsp3) is 0.333. The Hall–Kier alpha value is -1.56. The number of aromatic nitrogens is 1. The molecule has 3 N–H and O–H groups in total. The van der Waals surface area contributed by atoms with Gasteiger partial charge in [-0.1, -0.05) is 6.58 Å². The second kappa shape index (κ2) is 6.02. The van der Waals surface area contributed by atoms with Crippen LogP contribution in [0.3, 0.4) is 0 Å². The van der Waals surface area contributed by atoms with Crippen LogP contribution in [0.15, 0.2) is 18.2 Å². The van der Waals surface area contributed by atoms with Crippen LogP contribution in [-0.2, 0) is 4.74 Å². The van der Waals surface area contributed by atoms with Gasteiger partial charge in [-0.25, -0.2) is 4.98 Å². The third-order valence-electron chi connectivity index (χ3n) is 1.60. The predicted octanol–water partition coefficient (Wildman–Crippen LogP) is 1.01. The van der Waals surface area contributed by atoms with Crippen LogP contribution in [0.25, 0.3) is 0 Å². The number of rotatable bonds is 6. The Morgan fingerprint density at radius 2 is 2.60 bits per heavy atom. The molecule has 0 atom stereocenters. The monoisotopic (exact) mass is 227 g/mol. The van der Waals surface area contributed by atoms with Crippen LogP contribution < -0.4 is 11.1 Å². The Bertz CT molecular complexity index is 338. The number of carbonyl (C=O) groups excluding carboxylic acids is 1. The number of nitrogens with zero attached hydrogens (tertiary/aromatic N) is 1. The van der Waals surface area contributed by atoms with Crippen LogP contribution in [0.1, 0.15) is 16.9 Å². The number of hydrogen-bond donors (Lipinski definition) is 2. The van der Waals surface area contributed by atoms with E-state index in [0.717, 1.165) is 6.42 Å². The van der Waals surface area contributed by atoms with Crippen molar-refractivity contribution in [3.05, 3.63) is 23.9 Å². The van der Waals surface area contributed by atoms with Gasteiger partial charge in [0.05, 0.1) is 12.9 Å². The van der Waals surface area contributed by atoms with Gasteiger partial charge in [0.2, 0.25) is 0 Å². The van der Waals surface area contributed by atoms with Crippen molar-refractivity contribution < 1.29 is 9.53 Å². The van der Waals surface area contributed by atoms with E-state index in [-0.39, 0.29) is 5.91 Å². The minimum atomic E-state index is -0.207. The summed E-state index contributed by atoms with van der Waals surface area (Å²) in [6.45, 7) is 4.50. The van der Waals surface area contributed by atoms with Crippen LogP contribution in [-0.4, -0.2) is 24.0 Å². The highest BCUT2D eigenvalue weighted by Gasteiger charge is 2.07. The van der Waals surface area contributed by atoms with Crippen molar-refractivity contribution >= 4 is 22.4 Å². The summed E-state index contributed by atoms with van der Waals surface area (Å²) in [6.07, 6.45) is 2.11. The molecule has 0 saturated heterocycles. The van der Waals surface area contributed by atoms with E-state index >= 15 is 0 Å². The number of thiazole rings is 1. The number of nitrogen functional groups attached to an aromatic ring is 1. The molecular formula is C9H13N3O2S. The minimum absolute atomic E-state index is 0.207. The Balaban J connectivity index is 2.22. The summed E-state index contributed by atoms with van der Waals surface area (Å²) in [5, 5.41) is 4.73. The van der Waals surface area contributed by atoms with Gasteiger partial charge in [0, 0.05) is 11.9 Å². The smallest absolute Gasteiger partial charge is 0.270 e. The van der Waals surface area contributed by atoms with Gasteiger partial charge >= 0.3 is 0 Å². The maximum atomic E-state index is 11.4. The van der Waals surface area contributed by atoms with Crippen molar-refractivity contribution in [2.75, 3.05) is 18.9 Å². The summed E-state index contributed by atoms with van der Waals surface area (Å²) in [5.74, 6) is -0.207. The van der Waals surface area contributed by atoms with Gasteiger partial charge in [-0.05, 0) is 6.42 Å². The third kappa shape index (κ3) is 3.99. The van der Waals surface area contributed by atoms with Crippen molar-refractivity contribution in [3.8, 4) is 0 Å². The second-order valence-corrected chi connectivity index (χ2v) is 3.61. The molecule has 1 aromatic rings. The number of anilines is 1. The molecular weight excluding hydrogens is 214 g/mol. The zero-order valence-corrected chi connectivity index (χ0v) is 9.05. The first-order valence-corrected chi connectivity index (χ1v) is 5.33. The molecule has 1 aromatic heterocycles. The molecule has 0 aliphatic heterocycles. The maximum Gasteiger partial charge on any atom is 0.270 e. The SMILES string of the molecule is C=COCCCNC(=O)c1csc(N)n1. The molecule has 0 aromatic carbocycles. The van der Waals surface area contributed by atoms with Gasteiger partial charge in [-0.2, -0.15) is 0 Å². The summed E-state index contributed by atoms with van der Waals surface area (Å²) >= 11 is 1.25. The molecule has 5 nitrogen and oxygen atoms in total. The molecule has 82 valence electrons. The lowest BCUT2D eigenvalue weighted by Crippen LogP contribution is -2.25. The molecule has 15 heavy (non-hydrogen) atoms. The first kappa shape index (κ1) is 11.5. The van der Waals surface area contributed by atoms with Crippen molar-refractivity contribution in [2.24, 2.45) is 0 Å². The molecule has 1 rings (SSSR count). The van der Waals surface area contributed by atoms with Crippen LogP contribution >= 0.6 is 11.3 Å².